The van der Waals surface area contributed by atoms with Gasteiger partial charge in [0.25, 0.3) is 0 Å². The monoisotopic (exact) mass is 545 g/mol. The number of halogens is 1. The van der Waals surface area contributed by atoms with Crippen molar-refractivity contribution in [2.24, 2.45) is 5.41 Å². The summed E-state index contributed by atoms with van der Waals surface area (Å²) in [5.41, 5.74) is 1.85. The lowest BCUT2D eigenvalue weighted by Gasteiger charge is -2.38. The summed E-state index contributed by atoms with van der Waals surface area (Å²) in [7, 11) is 4.82. The summed E-state index contributed by atoms with van der Waals surface area (Å²) in [6.07, 6.45) is 3.42. The SMILES string of the molecule is COCC(=O)NC(CCN1CCC2(CC1)CCN(Cc1ccc(OC)cc1)C2=O)c1ccccc1OC.Cl. The van der Waals surface area contributed by atoms with Crippen molar-refractivity contribution >= 4 is 24.2 Å². The van der Waals surface area contributed by atoms with Gasteiger partial charge < -0.3 is 29.3 Å². The summed E-state index contributed by atoms with van der Waals surface area (Å²) in [6.45, 7) is 4.07. The third-order valence-electron chi connectivity index (χ3n) is 7.81. The van der Waals surface area contributed by atoms with Crippen molar-refractivity contribution in [3.05, 3.63) is 59.7 Å². The Bertz CT molecular complexity index is 1060. The zero-order valence-electron chi connectivity index (χ0n) is 22.6. The Kier molecular flexibility index (Phi) is 10.8. The van der Waals surface area contributed by atoms with Crippen LogP contribution in [0.1, 0.15) is 42.9 Å². The highest BCUT2D eigenvalue weighted by atomic mass is 35.5. The summed E-state index contributed by atoms with van der Waals surface area (Å²) < 4.78 is 15.8. The van der Waals surface area contributed by atoms with E-state index in [0.29, 0.717) is 12.5 Å². The number of ether oxygens (including phenoxy) is 3. The molecule has 1 spiro atoms. The van der Waals surface area contributed by atoms with E-state index in [2.05, 4.69) is 10.2 Å². The van der Waals surface area contributed by atoms with Crippen LogP contribution in [0.25, 0.3) is 0 Å². The second kappa shape index (κ2) is 13.8. The van der Waals surface area contributed by atoms with E-state index >= 15 is 0 Å². The van der Waals surface area contributed by atoms with Gasteiger partial charge in [0.1, 0.15) is 18.1 Å². The number of likely N-dealkylation sites (tertiary alicyclic amines) is 2. The molecule has 2 fully saturated rings. The van der Waals surface area contributed by atoms with Crippen molar-refractivity contribution in [3.8, 4) is 11.5 Å². The number of carbonyl (C=O) groups excluding carboxylic acids is 2. The molecule has 0 aliphatic carbocycles. The van der Waals surface area contributed by atoms with Gasteiger partial charge in [0.05, 0.1) is 25.7 Å². The molecule has 1 atom stereocenters. The van der Waals surface area contributed by atoms with Gasteiger partial charge >= 0.3 is 0 Å². The molecule has 4 rings (SSSR count). The molecule has 9 heteroatoms. The van der Waals surface area contributed by atoms with E-state index in [-0.39, 0.29) is 36.4 Å². The lowest BCUT2D eigenvalue weighted by molar-refractivity contribution is -0.139. The molecule has 1 N–H and O–H groups in total. The van der Waals surface area contributed by atoms with Crippen LogP contribution in [0.4, 0.5) is 0 Å². The van der Waals surface area contributed by atoms with Gasteiger partial charge in [-0.1, -0.05) is 30.3 Å². The van der Waals surface area contributed by atoms with Crippen LogP contribution in [0.5, 0.6) is 11.5 Å². The van der Waals surface area contributed by atoms with Crippen molar-refractivity contribution in [1.82, 2.24) is 15.1 Å². The molecule has 0 aromatic heterocycles. The molecule has 2 saturated heterocycles. The van der Waals surface area contributed by atoms with Crippen molar-refractivity contribution in [2.45, 2.75) is 38.3 Å². The smallest absolute Gasteiger partial charge is 0.246 e. The summed E-state index contributed by atoms with van der Waals surface area (Å²) in [5, 5.41) is 3.10. The molecule has 208 valence electrons. The van der Waals surface area contributed by atoms with E-state index in [9.17, 15) is 9.59 Å². The molecular weight excluding hydrogens is 506 g/mol. The van der Waals surface area contributed by atoms with Crippen LogP contribution in [0.3, 0.4) is 0 Å². The summed E-state index contributed by atoms with van der Waals surface area (Å²) in [5.74, 6) is 1.73. The van der Waals surface area contributed by atoms with E-state index in [1.807, 2.05) is 53.4 Å². The Hall–Kier alpha value is -2.81. The van der Waals surface area contributed by atoms with E-state index in [1.165, 1.54) is 7.11 Å². The molecule has 0 saturated carbocycles. The number of carbonyl (C=O) groups is 2. The number of para-hydroxylation sites is 1. The number of benzene rings is 2. The van der Waals surface area contributed by atoms with Gasteiger partial charge in [-0.2, -0.15) is 0 Å². The van der Waals surface area contributed by atoms with Crippen molar-refractivity contribution in [1.29, 1.82) is 0 Å². The number of methoxy groups -OCH3 is 3. The quantitative estimate of drug-likeness (QED) is 0.462. The first-order chi connectivity index (χ1) is 18.0. The molecule has 1 unspecified atom stereocenters. The number of hydrogen-bond donors (Lipinski definition) is 1. The summed E-state index contributed by atoms with van der Waals surface area (Å²) in [4.78, 5) is 30.2. The maximum Gasteiger partial charge on any atom is 0.246 e. The zero-order chi connectivity index (χ0) is 26.3. The first-order valence-corrected chi connectivity index (χ1v) is 13.0. The first kappa shape index (κ1) is 29.7. The minimum atomic E-state index is -0.238. The average molecular weight is 546 g/mol. The van der Waals surface area contributed by atoms with Crippen LogP contribution >= 0.6 is 12.4 Å². The molecular formula is C29H40ClN3O5. The molecule has 2 aliphatic heterocycles. The van der Waals surface area contributed by atoms with Crippen LogP contribution < -0.4 is 14.8 Å². The van der Waals surface area contributed by atoms with Crippen molar-refractivity contribution in [2.75, 3.05) is 54.1 Å². The Morgan fingerprint density at radius 3 is 2.32 bits per heavy atom. The lowest BCUT2D eigenvalue weighted by atomic mass is 9.77. The topological polar surface area (TPSA) is 80.3 Å². The number of piperidine rings is 1. The fraction of sp³-hybridized carbons (Fsp3) is 0.517. The van der Waals surface area contributed by atoms with Crippen LogP contribution in [0.2, 0.25) is 0 Å². The number of rotatable bonds is 11. The maximum absolute atomic E-state index is 13.4. The molecule has 2 aliphatic rings. The molecule has 2 heterocycles. The highest BCUT2D eigenvalue weighted by Gasteiger charge is 2.47. The van der Waals surface area contributed by atoms with Gasteiger partial charge in [0.2, 0.25) is 11.8 Å². The van der Waals surface area contributed by atoms with Crippen molar-refractivity contribution in [3.63, 3.8) is 0 Å². The predicted molar refractivity (Wildman–Crippen MR) is 149 cm³/mol. The Labute approximate surface area is 232 Å². The molecule has 2 amide bonds. The van der Waals surface area contributed by atoms with E-state index in [4.69, 9.17) is 14.2 Å². The van der Waals surface area contributed by atoms with Gasteiger partial charge in [-0.3, -0.25) is 9.59 Å². The second-order valence-corrected chi connectivity index (χ2v) is 10.0. The second-order valence-electron chi connectivity index (χ2n) is 10.0. The average Bonchev–Trinajstić information content (AvgIpc) is 3.22. The van der Waals surface area contributed by atoms with E-state index < -0.39 is 0 Å². The Morgan fingerprint density at radius 1 is 0.974 bits per heavy atom. The fourth-order valence-electron chi connectivity index (χ4n) is 5.60. The summed E-state index contributed by atoms with van der Waals surface area (Å²) >= 11 is 0. The molecule has 8 nitrogen and oxygen atoms in total. The van der Waals surface area contributed by atoms with Crippen molar-refractivity contribution < 1.29 is 23.8 Å². The normalized spacial score (nSPS) is 17.7. The maximum atomic E-state index is 13.4. The van der Waals surface area contributed by atoms with Gasteiger partial charge in [0.15, 0.2) is 0 Å². The van der Waals surface area contributed by atoms with E-state index in [0.717, 1.165) is 74.5 Å². The van der Waals surface area contributed by atoms with Crippen LogP contribution in [0.15, 0.2) is 48.5 Å². The van der Waals surface area contributed by atoms with Gasteiger partial charge in [-0.05, 0) is 62.5 Å². The minimum absolute atomic E-state index is 0. The molecule has 0 radical (unpaired) electrons. The standard InChI is InChI=1S/C29H39N3O5.ClH/c1-35-21-27(33)30-25(24-6-4-5-7-26(24)37-3)12-16-31-17-13-29(14-18-31)15-19-32(28(29)34)20-22-8-10-23(36-2)11-9-22;/h4-11,25H,12-21H2,1-3H3,(H,30,33);1H. The third-order valence-corrected chi connectivity index (χ3v) is 7.81. The third kappa shape index (κ3) is 6.98. The van der Waals surface area contributed by atoms with Gasteiger partial charge in [-0.25, -0.2) is 0 Å². The molecule has 2 aromatic rings. The van der Waals surface area contributed by atoms with Crippen LogP contribution in [-0.4, -0.2) is 75.7 Å². The molecule has 38 heavy (non-hydrogen) atoms. The largest absolute Gasteiger partial charge is 0.497 e. The van der Waals surface area contributed by atoms with Gasteiger partial charge in [-0.15, -0.1) is 12.4 Å². The molecule has 0 bridgehead atoms. The summed E-state index contributed by atoms with van der Waals surface area (Å²) in [6, 6.07) is 15.6. The first-order valence-electron chi connectivity index (χ1n) is 13.0. The van der Waals surface area contributed by atoms with E-state index in [1.54, 1.807) is 14.2 Å². The van der Waals surface area contributed by atoms with Gasteiger partial charge in [0, 0.05) is 32.3 Å². The highest BCUT2D eigenvalue weighted by molar-refractivity contribution is 5.85. The van der Waals surface area contributed by atoms with Crippen LogP contribution in [0, 0.1) is 5.41 Å². The Morgan fingerprint density at radius 2 is 1.66 bits per heavy atom. The molecule has 2 aromatic carbocycles. The Balaban J connectivity index is 0.00000400. The number of nitrogens with one attached hydrogen (secondary N) is 1. The highest BCUT2D eigenvalue weighted by Crippen LogP contribution is 2.42. The fourth-order valence-corrected chi connectivity index (χ4v) is 5.60. The lowest BCUT2D eigenvalue weighted by Crippen LogP contribution is -2.45. The minimum Gasteiger partial charge on any atom is -0.497 e. The number of amides is 2. The zero-order valence-corrected chi connectivity index (χ0v) is 23.4. The predicted octanol–water partition coefficient (Wildman–Crippen LogP) is 3.83. The van der Waals surface area contributed by atoms with Crippen LogP contribution in [-0.2, 0) is 20.9 Å². The number of nitrogens with zero attached hydrogens (tertiary/aromatic N) is 2. The number of hydrogen-bond acceptors (Lipinski definition) is 6.